The molecule has 0 aliphatic carbocycles. The maximum atomic E-state index is 5.86. The maximum Gasteiger partial charge on any atom is 0.231 e. The standard InChI is InChI=1S/C18H27N3O4.HI/c1-19-18(20-7-2-8-23-15-5-9-22-10-6-15)21-12-14-3-4-16-17(11-14)25-13-24-16;/h3-4,11,15H,2,5-10,12-13H2,1H3,(H2,19,20,21);1H. The molecule has 0 amide bonds. The lowest BCUT2D eigenvalue weighted by Crippen LogP contribution is -2.37. The minimum Gasteiger partial charge on any atom is -0.454 e. The van der Waals surface area contributed by atoms with Gasteiger partial charge in [0.1, 0.15) is 0 Å². The summed E-state index contributed by atoms with van der Waals surface area (Å²) in [6.45, 7) is 4.19. The van der Waals surface area contributed by atoms with Crippen molar-refractivity contribution in [1.82, 2.24) is 10.6 Å². The first-order valence-corrected chi connectivity index (χ1v) is 8.87. The average molecular weight is 477 g/mol. The van der Waals surface area contributed by atoms with Crippen molar-refractivity contribution in [3.63, 3.8) is 0 Å². The minimum absolute atomic E-state index is 0. The number of rotatable bonds is 7. The van der Waals surface area contributed by atoms with Crippen molar-refractivity contribution in [3.8, 4) is 11.5 Å². The molecule has 1 saturated heterocycles. The Bertz CT molecular complexity index is 580. The molecule has 2 heterocycles. The summed E-state index contributed by atoms with van der Waals surface area (Å²) in [5, 5.41) is 6.61. The number of hydrogen-bond donors (Lipinski definition) is 2. The van der Waals surface area contributed by atoms with Crippen LogP contribution >= 0.6 is 24.0 Å². The molecule has 1 fully saturated rings. The number of guanidine groups is 1. The van der Waals surface area contributed by atoms with Crippen molar-refractivity contribution >= 4 is 29.9 Å². The molecule has 0 saturated carbocycles. The van der Waals surface area contributed by atoms with Crippen LogP contribution in [0.3, 0.4) is 0 Å². The normalized spacial score (nSPS) is 16.9. The zero-order valence-electron chi connectivity index (χ0n) is 15.2. The van der Waals surface area contributed by atoms with Crippen LogP contribution in [0.5, 0.6) is 11.5 Å². The molecule has 1 aromatic rings. The van der Waals surface area contributed by atoms with Crippen LogP contribution in [-0.2, 0) is 16.0 Å². The lowest BCUT2D eigenvalue weighted by Gasteiger charge is -2.22. The fourth-order valence-corrected chi connectivity index (χ4v) is 2.83. The predicted octanol–water partition coefficient (Wildman–Crippen LogP) is 2.28. The lowest BCUT2D eigenvalue weighted by atomic mass is 10.1. The van der Waals surface area contributed by atoms with Crippen LogP contribution in [0.1, 0.15) is 24.8 Å². The van der Waals surface area contributed by atoms with E-state index in [0.717, 1.165) is 68.6 Å². The van der Waals surface area contributed by atoms with Crippen molar-refractivity contribution in [2.24, 2.45) is 4.99 Å². The second kappa shape index (κ2) is 11.5. The van der Waals surface area contributed by atoms with Gasteiger partial charge in [0.2, 0.25) is 6.79 Å². The van der Waals surface area contributed by atoms with Crippen LogP contribution in [-0.4, -0.2) is 52.3 Å². The molecule has 2 aliphatic heterocycles. The number of ether oxygens (including phenoxy) is 4. The Balaban J connectivity index is 0.00000243. The highest BCUT2D eigenvalue weighted by Gasteiger charge is 2.14. The molecule has 0 spiro atoms. The smallest absolute Gasteiger partial charge is 0.231 e. The zero-order chi connectivity index (χ0) is 17.3. The quantitative estimate of drug-likeness (QED) is 0.272. The molecule has 3 rings (SSSR count). The van der Waals surface area contributed by atoms with Gasteiger partial charge in [-0.1, -0.05) is 6.07 Å². The van der Waals surface area contributed by atoms with Gasteiger partial charge in [0.15, 0.2) is 17.5 Å². The molecule has 0 atom stereocenters. The van der Waals surface area contributed by atoms with E-state index >= 15 is 0 Å². The molecule has 2 N–H and O–H groups in total. The summed E-state index contributed by atoms with van der Waals surface area (Å²) < 4.78 is 21.9. The summed E-state index contributed by atoms with van der Waals surface area (Å²) in [5.41, 5.74) is 1.12. The highest BCUT2D eigenvalue weighted by Crippen LogP contribution is 2.32. The molecule has 1 aromatic carbocycles. The number of benzene rings is 1. The Morgan fingerprint density at radius 2 is 2.00 bits per heavy atom. The van der Waals surface area contributed by atoms with E-state index in [1.165, 1.54) is 0 Å². The van der Waals surface area contributed by atoms with Gasteiger partial charge < -0.3 is 29.6 Å². The van der Waals surface area contributed by atoms with Gasteiger partial charge in [0.05, 0.1) is 6.10 Å². The highest BCUT2D eigenvalue weighted by molar-refractivity contribution is 14.0. The second-order valence-corrected chi connectivity index (χ2v) is 6.08. The molecule has 7 nitrogen and oxygen atoms in total. The molecule has 0 bridgehead atoms. The number of aliphatic imine (C=N–C) groups is 1. The first-order chi connectivity index (χ1) is 12.3. The van der Waals surface area contributed by atoms with Gasteiger partial charge in [-0.3, -0.25) is 4.99 Å². The fourth-order valence-electron chi connectivity index (χ4n) is 2.83. The van der Waals surface area contributed by atoms with Crippen molar-refractivity contribution in [1.29, 1.82) is 0 Å². The van der Waals surface area contributed by atoms with Gasteiger partial charge in [-0.15, -0.1) is 24.0 Å². The monoisotopic (exact) mass is 477 g/mol. The van der Waals surface area contributed by atoms with E-state index in [2.05, 4.69) is 15.6 Å². The molecule has 26 heavy (non-hydrogen) atoms. The van der Waals surface area contributed by atoms with E-state index in [1.54, 1.807) is 7.05 Å². The molecular formula is C18H28IN3O4. The van der Waals surface area contributed by atoms with Crippen LogP contribution in [0.25, 0.3) is 0 Å². The van der Waals surface area contributed by atoms with Crippen LogP contribution in [0.4, 0.5) is 0 Å². The topological polar surface area (TPSA) is 73.3 Å². The largest absolute Gasteiger partial charge is 0.454 e. The van der Waals surface area contributed by atoms with E-state index in [4.69, 9.17) is 18.9 Å². The molecule has 2 aliphatic rings. The molecule has 146 valence electrons. The summed E-state index contributed by atoms with van der Waals surface area (Å²) in [6, 6.07) is 5.95. The van der Waals surface area contributed by atoms with E-state index in [1.807, 2.05) is 18.2 Å². The number of nitrogens with one attached hydrogen (secondary N) is 2. The second-order valence-electron chi connectivity index (χ2n) is 6.08. The minimum atomic E-state index is 0. The van der Waals surface area contributed by atoms with E-state index in [-0.39, 0.29) is 24.0 Å². The molecule has 8 heteroatoms. The first-order valence-electron chi connectivity index (χ1n) is 8.87. The SMILES string of the molecule is CN=C(NCCCOC1CCOCC1)NCc1ccc2c(c1)OCO2.I. The fraction of sp³-hybridized carbons (Fsp3) is 0.611. The molecule has 0 unspecified atom stereocenters. The van der Waals surface area contributed by atoms with E-state index < -0.39 is 0 Å². The number of fused-ring (bicyclic) bond motifs is 1. The van der Waals surface area contributed by atoms with Crippen molar-refractivity contribution in [3.05, 3.63) is 23.8 Å². The number of halogens is 1. The summed E-state index contributed by atoms with van der Waals surface area (Å²) in [5.74, 6) is 2.38. The number of hydrogen-bond acceptors (Lipinski definition) is 5. The third-order valence-corrected chi connectivity index (χ3v) is 4.26. The zero-order valence-corrected chi connectivity index (χ0v) is 17.5. The summed E-state index contributed by atoms with van der Waals surface area (Å²) in [6.07, 6.45) is 3.32. The third-order valence-electron chi connectivity index (χ3n) is 4.26. The Morgan fingerprint density at radius 3 is 2.81 bits per heavy atom. The summed E-state index contributed by atoms with van der Waals surface area (Å²) >= 11 is 0. The van der Waals surface area contributed by atoms with Crippen molar-refractivity contribution in [2.75, 3.05) is 40.2 Å². The Morgan fingerprint density at radius 1 is 1.19 bits per heavy atom. The lowest BCUT2D eigenvalue weighted by molar-refractivity contribution is -0.0320. The van der Waals surface area contributed by atoms with Gasteiger partial charge in [-0.05, 0) is 37.0 Å². The Hall–Kier alpha value is -1.26. The Kier molecular flexibility index (Phi) is 9.27. The third kappa shape index (κ3) is 6.48. The van der Waals surface area contributed by atoms with Gasteiger partial charge in [-0.2, -0.15) is 0 Å². The summed E-state index contributed by atoms with van der Waals surface area (Å²) in [4.78, 5) is 4.24. The van der Waals surface area contributed by atoms with Crippen LogP contribution < -0.4 is 20.1 Å². The Labute approximate surface area is 171 Å². The van der Waals surface area contributed by atoms with Gasteiger partial charge in [-0.25, -0.2) is 0 Å². The first kappa shape index (κ1) is 21.0. The van der Waals surface area contributed by atoms with Gasteiger partial charge in [0.25, 0.3) is 0 Å². The van der Waals surface area contributed by atoms with Gasteiger partial charge in [0, 0.05) is 40.0 Å². The van der Waals surface area contributed by atoms with Crippen LogP contribution in [0.15, 0.2) is 23.2 Å². The summed E-state index contributed by atoms with van der Waals surface area (Å²) in [7, 11) is 1.77. The van der Waals surface area contributed by atoms with Crippen molar-refractivity contribution in [2.45, 2.75) is 31.9 Å². The number of nitrogens with zero attached hydrogens (tertiary/aromatic N) is 1. The molecular weight excluding hydrogens is 449 g/mol. The molecule has 0 aromatic heterocycles. The molecule has 0 radical (unpaired) electrons. The highest BCUT2D eigenvalue weighted by atomic mass is 127. The average Bonchev–Trinajstić information content (AvgIpc) is 3.12. The van der Waals surface area contributed by atoms with Gasteiger partial charge >= 0.3 is 0 Å². The maximum absolute atomic E-state index is 5.86. The van der Waals surface area contributed by atoms with Crippen molar-refractivity contribution < 1.29 is 18.9 Å². The van der Waals surface area contributed by atoms with Crippen LogP contribution in [0, 0.1) is 0 Å². The van der Waals surface area contributed by atoms with E-state index in [0.29, 0.717) is 19.4 Å². The van der Waals surface area contributed by atoms with Crippen LogP contribution in [0.2, 0.25) is 0 Å². The predicted molar refractivity (Wildman–Crippen MR) is 111 cm³/mol. The van der Waals surface area contributed by atoms with E-state index in [9.17, 15) is 0 Å².